The van der Waals surface area contributed by atoms with Crippen molar-refractivity contribution in [2.45, 2.75) is 25.2 Å². The van der Waals surface area contributed by atoms with E-state index in [1.807, 2.05) is 35.8 Å². The molecule has 0 atom stereocenters. The fraction of sp³-hybridized carbons (Fsp3) is 0.211. The van der Waals surface area contributed by atoms with Gasteiger partial charge in [-0.1, -0.05) is 41.6 Å². The van der Waals surface area contributed by atoms with Crippen LogP contribution >= 0.6 is 23.4 Å². The third-order valence-electron chi connectivity index (χ3n) is 3.84. The van der Waals surface area contributed by atoms with Crippen LogP contribution in [0.3, 0.4) is 0 Å². The summed E-state index contributed by atoms with van der Waals surface area (Å²) >= 11 is 7.28. The van der Waals surface area contributed by atoms with E-state index in [-0.39, 0.29) is 11.7 Å². The van der Waals surface area contributed by atoms with E-state index in [2.05, 4.69) is 22.1 Å². The van der Waals surface area contributed by atoms with Crippen molar-refractivity contribution in [2.24, 2.45) is 0 Å². The summed E-state index contributed by atoms with van der Waals surface area (Å²) < 4.78 is 7.27. The number of benzene rings is 1. The summed E-state index contributed by atoms with van der Waals surface area (Å²) in [7, 11) is 0. The number of rotatable bonds is 8. The number of nitrogens with one attached hydrogen (secondary N) is 1. The zero-order chi connectivity index (χ0) is 19.2. The first kappa shape index (κ1) is 19.3. The lowest BCUT2D eigenvalue weighted by Crippen LogP contribution is -2.24. The maximum absolute atomic E-state index is 12.2. The van der Waals surface area contributed by atoms with Crippen molar-refractivity contribution in [1.29, 1.82) is 0 Å². The van der Waals surface area contributed by atoms with Crippen LogP contribution in [0.15, 0.2) is 58.8 Å². The van der Waals surface area contributed by atoms with Crippen LogP contribution in [0.2, 0.25) is 5.02 Å². The van der Waals surface area contributed by atoms with Crippen molar-refractivity contribution in [2.75, 3.05) is 5.75 Å². The summed E-state index contributed by atoms with van der Waals surface area (Å²) in [5, 5.41) is 12.7. The lowest BCUT2D eigenvalue weighted by Gasteiger charge is -2.08. The van der Waals surface area contributed by atoms with E-state index in [9.17, 15) is 4.79 Å². The highest BCUT2D eigenvalue weighted by Gasteiger charge is 2.17. The Morgan fingerprint density at radius 1 is 1.41 bits per heavy atom. The van der Waals surface area contributed by atoms with Crippen LogP contribution < -0.4 is 5.32 Å². The molecule has 0 radical (unpaired) electrons. The van der Waals surface area contributed by atoms with Crippen molar-refractivity contribution in [1.82, 2.24) is 20.1 Å². The lowest BCUT2D eigenvalue weighted by atomic mass is 10.2. The van der Waals surface area contributed by atoms with E-state index in [4.69, 9.17) is 16.0 Å². The third kappa shape index (κ3) is 4.81. The van der Waals surface area contributed by atoms with Crippen molar-refractivity contribution in [3.05, 3.63) is 65.6 Å². The molecule has 0 aliphatic heterocycles. The molecule has 2 aromatic heterocycles. The number of hydrogen-bond donors (Lipinski definition) is 1. The molecule has 0 unspecified atom stereocenters. The van der Waals surface area contributed by atoms with Gasteiger partial charge in [-0.25, -0.2) is 0 Å². The summed E-state index contributed by atoms with van der Waals surface area (Å²) in [5.41, 5.74) is 1.83. The molecular weight excluding hydrogens is 384 g/mol. The number of aromatic nitrogens is 3. The second kappa shape index (κ2) is 8.92. The molecule has 2 heterocycles. The second-order valence-corrected chi connectivity index (χ2v) is 7.17. The Balaban J connectivity index is 1.63. The lowest BCUT2D eigenvalue weighted by molar-refractivity contribution is -0.118. The Labute approximate surface area is 166 Å². The SMILES string of the molecule is C=CCn1c(SCC(=O)NCc2cccc(Cl)c2)nnc1-c1ccoc1C. The number of thioether (sulfide) groups is 1. The van der Waals surface area contributed by atoms with Gasteiger partial charge in [-0.05, 0) is 30.7 Å². The van der Waals surface area contributed by atoms with Gasteiger partial charge in [0, 0.05) is 18.1 Å². The average molecular weight is 403 g/mol. The number of carbonyl (C=O) groups is 1. The second-order valence-electron chi connectivity index (χ2n) is 5.79. The molecule has 3 aromatic rings. The van der Waals surface area contributed by atoms with E-state index in [1.54, 1.807) is 18.4 Å². The van der Waals surface area contributed by atoms with Crippen LogP contribution in [0.5, 0.6) is 0 Å². The van der Waals surface area contributed by atoms with Gasteiger partial charge < -0.3 is 9.73 Å². The molecule has 3 rings (SSSR count). The number of halogens is 1. The number of carbonyl (C=O) groups excluding carboxylic acids is 1. The quantitative estimate of drug-likeness (QED) is 0.453. The summed E-state index contributed by atoms with van der Waals surface area (Å²) in [6.45, 7) is 6.63. The Hall–Kier alpha value is -2.51. The van der Waals surface area contributed by atoms with Gasteiger partial charge >= 0.3 is 0 Å². The van der Waals surface area contributed by atoms with Crippen molar-refractivity contribution in [3.8, 4) is 11.4 Å². The minimum absolute atomic E-state index is 0.0887. The predicted molar refractivity (Wildman–Crippen MR) is 107 cm³/mol. The normalized spacial score (nSPS) is 10.7. The number of aryl methyl sites for hydroxylation is 1. The van der Waals surface area contributed by atoms with E-state index in [1.165, 1.54) is 11.8 Å². The number of furan rings is 1. The van der Waals surface area contributed by atoms with Gasteiger partial charge in [-0.15, -0.1) is 16.8 Å². The first-order valence-electron chi connectivity index (χ1n) is 8.31. The molecule has 1 amide bonds. The summed E-state index contributed by atoms with van der Waals surface area (Å²) in [4.78, 5) is 12.2. The number of hydrogen-bond acceptors (Lipinski definition) is 5. The van der Waals surface area contributed by atoms with Gasteiger partial charge in [0.2, 0.25) is 5.91 Å². The molecule has 0 aliphatic carbocycles. The van der Waals surface area contributed by atoms with E-state index >= 15 is 0 Å². The largest absolute Gasteiger partial charge is 0.469 e. The van der Waals surface area contributed by atoms with Gasteiger partial charge in [-0.3, -0.25) is 9.36 Å². The van der Waals surface area contributed by atoms with Gasteiger partial charge in [-0.2, -0.15) is 0 Å². The maximum Gasteiger partial charge on any atom is 0.230 e. The van der Waals surface area contributed by atoms with Crippen LogP contribution in [0.1, 0.15) is 11.3 Å². The first-order chi connectivity index (χ1) is 13.1. The smallest absolute Gasteiger partial charge is 0.230 e. The third-order valence-corrected chi connectivity index (χ3v) is 5.04. The molecule has 1 aromatic carbocycles. The monoisotopic (exact) mass is 402 g/mol. The molecule has 27 heavy (non-hydrogen) atoms. The highest BCUT2D eigenvalue weighted by molar-refractivity contribution is 7.99. The Morgan fingerprint density at radius 2 is 2.26 bits per heavy atom. The molecule has 0 aliphatic rings. The Bertz CT molecular complexity index is 951. The molecule has 1 N–H and O–H groups in total. The number of nitrogens with zero attached hydrogens (tertiary/aromatic N) is 3. The Kier molecular flexibility index (Phi) is 6.36. The van der Waals surface area contributed by atoms with Crippen molar-refractivity contribution >= 4 is 29.3 Å². The minimum atomic E-state index is -0.0887. The molecule has 0 fully saturated rings. The Morgan fingerprint density at radius 3 is 2.96 bits per heavy atom. The van der Waals surface area contributed by atoms with Gasteiger partial charge in [0.15, 0.2) is 11.0 Å². The van der Waals surface area contributed by atoms with Gasteiger partial charge in [0.1, 0.15) is 5.76 Å². The highest BCUT2D eigenvalue weighted by Crippen LogP contribution is 2.27. The molecular formula is C19H19ClN4O2S. The zero-order valence-electron chi connectivity index (χ0n) is 14.8. The van der Waals surface area contributed by atoms with Gasteiger partial charge in [0.25, 0.3) is 0 Å². The highest BCUT2D eigenvalue weighted by atomic mass is 35.5. The van der Waals surface area contributed by atoms with Crippen LogP contribution in [0.4, 0.5) is 0 Å². The zero-order valence-corrected chi connectivity index (χ0v) is 16.4. The minimum Gasteiger partial charge on any atom is -0.469 e. The van der Waals surface area contributed by atoms with E-state index in [0.717, 1.165) is 16.9 Å². The average Bonchev–Trinajstić information content (AvgIpc) is 3.24. The molecule has 0 saturated carbocycles. The molecule has 0 bridgehead atoms. The summed E-state index contributed by atoms with van der Waals surface area (Å²) in [5.74, 6) is 1.61. The molecule has 0 spiro atoms. The van der Waals surface area contributed by atoms with Crippen molar-refractivity contribution < 1.29 is 9.21 Å². The van der Waals surface area contributed by atoms with Crippen LogP contribution in [-0.2, 0) is 17.9 Å². The summed E-state index contributed by atoms with van der Waals surface area (Å²) in [6.07, 6.45) is 3.39. The molecule has 0 saturated heterocycles. The fourth-order valence-electron chi connectivity index (χ4n) is 2.53. The standard InChI is InChI=1S/C19H19ClN4O2S/c1-3-8-24-18(16-7-9-26-13(16)2)22-23-19(24)27-12-17(25)21-11-14-5-4-6-15(20)10-14/h3-7,9-10H,1,8,11-12H2,2H3,(H,21,25). The first-order valence-corrected chi connectivity index (χ1v) is 9.67. The summed E-state index contributed by atoms with van der Waals surface area (Å²) in [6, 6.07) is 9.25. The van der Waals surface area contributed by atoms with Crippen LogP contribution in [0.25, 0.3) is 11.4 Å². The molecule has 8 heteroatoms. The van der Waals surface area contributed by atoms with Crippen molar-refractivity contribution in [3.63, 3.8) is 0 Å². The maximum atomic E-state index is 12.2. The molecule has 6 nitrogen and oxygen atoms in total. The predicted octanol–water partition coefficient (Wildman–Crippen LogP) is 4.09. The number of amides is 1. The van der Waals surface area contributed by atoms with Crippen LogP contribution in [0, 0.1) is 6.92 Å². The van der Waals surface area contributed by atoms with E-state index in [0.29, 0.717) is 29.1 Å². The molecule has 140 valence electrons. The topological polar surface area (TPSA) is 73.0 Å². The van der Waals surface area contributed by atoms with Crippen LogP contribution in [-0.4, -0.2) is 26.4 Å². The number of allylic oxidation sites excluding steroid dienone is 1. The van der Waals surface area contributed by atoms with E-state index < -0.39 is 0 Å². The van der Waals surface area contributed by atoms with Gasteiger partial charge in [0.05, 0.1) is 17.6 Å². The fourth-order valence-corrected chi connectivity index (χ4v) is 3.52.